The Labute approximate surface area is 189 Å². The molecule has 33 heavy (non-hydrogen) atoms. The number of urea groups is 1. The number of nitrogens with zero attached hydrogens (tertiary/aromatic N) is 3. The Balaban J connectivity index is 1.49. The molecule has 0 spiro atoms. The zero-order valence-electron chi connectivity index (χ0n) is 17.7. The van der Waals surface area contributed by atoms with Gasteiger partial charge in [-0.25, -0.2) is 14.6 Å². The van der Waals surface area contributed by atoms with E-state index in [2.05, 4.69) is 30.4 Å². The zero-order chi connectivity index (χ0) is 23.0. The number of aromatic amines is 1. The molecule has 0 aliphatic rings. The molecular weight excluding hydrogens is 424 g/mol. The fraction of sp³-hybridized carbons (Fsp3) is 0.130. The van der Waals surface area contributed by atoms with Crippen molar-refractivity contribution in [2.24, 2.45) is 0 Å². The molecule has 0 saturated carbocycles. The Hall–Kier alpha value is -4.62. The van der Waals surface area contributed by atoms with Crippen LogP contribution in [0.5, 0.6) is 17.2 Å². The first-order valence-corrected chi connectivity index (χ1v) is 9.93. The molecular formula is C23H20N6O4. The summed E-state index contributed by atoms with van der Waals surface area (Å²) in [5.41, 5.74) is 1.58. The summed E-state index contributed by atoms with van der Waals surface area (Å²) in [4.78, 5) is 26.7. The van der Waals surface area contributed by atoms with Gasteiger partial charge in [0.05, 0.1) is 18.7 Å². The van der Waals surface area contributed by atoms with E-state index >= 15 is 0 Å². The Bertz CT molecular complexity index is 1280. The second-order valence-corrected chi connectivity index (χ2v) is 6.74. The van der Waals surface area contributed by atoms with E-state index < -0.39 is 6.03 Å². The van der Waals surface area contributed by atoms with Gasteiger partial charge in [-0.1, -0.05) is 0 Å². The lowest BCUT2D eigenvalue weighted by Crippen LogP contribution is -2.20. The first-order valence-electron chi connectivity index (χ1n) is 9.93. The number of nitrogens with one attached hydrogen (secondary N) is 3. The van der Waals surface area contributed by atoms with E-state index in [1.54, 1.807) is 68.2 Å². The summed E-state index contributed by atoms with van der Waals surface area (Å²) >= 11 is 0. The molecule has 2 amide bonds. The number of rotatable bonds is 8. The van der Waals surface area contributed by atoms with Crippen LogP contribution in [0.15, 0.2) is 61.1 Å². The average molecular weight is 444 g/mol. The van der Waals surface area contributed by atoms with E-state index in [4.69, 9.17) is 20.8 Å². The molecule has 0 radical (unpaired) electrons. The van der Waals surface area contributed by atoms with Gasteiger partial charge in [0.2, 0.25) is 11.6 Å². The van der Waals surface area contributed by atoms with E-state index in [0.717, 1.165) is 0 Å². The first kappa shape index (κ1) is 21.6. The van der Waals surface area contributed by atoms with Crippen molar-refractivity contribution in [2.45, 2.75) is 0 Å². The maximum absolute atomic E-state index is 12.0. The maximum Gasteiger partial charge on any atom is 0.326 e. The van der Waals surface area contributed by atoms with Gasteiger partial charge in [-0.05, 0) is 42.5 Å². The van der Waals surface area contributed by atoms with Crippen LogP contribution < -0.4 is 20.1 Å². The average Bonchev–Trinajstić information content (AvgIpc) is 3.33. The molecule has 10 heteroatoms. The van der Waals surface area contributed by atoms with Crippen LogP contribution in [0, 0.1) is 6.57 Å². The maximum atomic E-state index is 12.0. The number of hydrogen-bond acceptors (Lipinski definition) is 6. The molecule has 0 saturated heterocycles. The summed E-state index contributed by atoms with van der Waals surface area (Å²) in [5, 5.41) is 5.97. The van der Waals surface area contributed by atoms with Crippen molar-refractivity contribution in [3.63, 3.8) is 0 Å². The van der Waals surface area contributed by atoms with E-state index in [-0.39, 0.29) is 0 Å². The standard InChI is InChI=1S/C23H20N6O4/c1-24-19-13-17-18(14-21(19)32-12-11-31-2)25-8-7-20(17)33-16-5-3-15(4-6-16)28-23(30)29-22-26-9-10-27-22/h3-10,13-14H,11-12H2,2H3,(H3,26,27,28,29,30). The Morgan fingerprint density at radius 2 is 1.91 bits per heavy atom. The summed E-state index contributed by atoms with van der Waals surface area (Å²) in [6, 6.07) is 11.6. The normalized spacial score (nSPS) is 10.4. The van der Waals surface area contributed by atoms with Gasteiger partial charge in [-0.15, -0.1) is 0 Å². The minimum Gasteiger partial charge on any atom is -0.502 e. The second kappa shape index (κ2) is 10.1. The lowest BCUT2D eigenvalue weighted by atomic mass is 10.1. The SMILES string of the molecule is [C-]#[N+]c1cc2c(Oc3ccc(NC(=O)Nc4ncc[nH]4)cc3)ccnc2cc1OCCOC. The van der Waals surface area contributed by atoms with Crippen LogP contribution in [0.25, 0.3) is 15.7 Å². The smallest absolute Gasteiger partial charge is 0.326 e. The fourth-order valence-corrected chi connectivity index (χ4v) is 3.00. The van der Waals surface area contributed by atoms with Gasteiger partial charge in [0.15, 0.2) is 0 Å². The number of H-pyrrole nitrogens is 1. The third kappa shape index (κ3) is 5.36. The molecule has 0 unspecified atom stereocenters. The van der Waals surface area contributed by atoms with Crippen molar-refractivity contribution in [3.05, 3.63) is 72.5 Å². The number of imidazole rings is 1. The predicted molar refractivity (Wildman–Crippen MR) is 123 cm³/mol. The van der Waals surface area contributed by atoms with E-state index in [1.807, 2.05) is 0 Å². The lowest BCUT2D eigenvalue weighted by Gasteiger charge is -2.12. The van der Waals surface area contributed by atoms with Crippen LogP contribution in [0.3, 0.4) is 0 Å². The van der Waals surface area contributed by atoms with Crippen LogP contribution in [0.2, 0.25) is 0 Å². The van der Waals surface area contributed by atoms with Crippen LogP contribution >= 0.6 is 0 Å². The molecule has 0 fully saturated rings. The van der Waals surface area contributed by atoms with Crippen LogP contribution in [-0.2, 0) is 4.74 Å². The van der Waals surface area contributed by atoms with Crippen molar-refractivity contribution in [2.75, 3.05) is 31.0 Å². The molecule has 0 bridgehead atoms. The van der Waals surface area contributed by atoms with Gasteiger partial charge >= 0.3 is 6.03 Å². The van der Waals surface area contributed by atoms with Gasteiger partial charge in [-0.2, -0.15) is 0 Å². The number of pyridine rings is 1. The summed E-state index contributed by atoms with van der Waals surface area (Å²) in [7, 11) is 1.59. The number of amides is 2. The fourth-order valence-electron chi connectivity index (χ4n) is 3.00. The summed E-state index contributed by atoms with van der Waals surface area (Å²) in [6.07, 6.45) is 4.78. The van der Waals surface area contributed by atoms with Gasteiger partial charge in [0, 0.05) is 36.8 Å². The van der Waals surface area contributed by atoms with Crippen LogP contribution in [0.1, 0.15) is 0 Å². The number of carbonyl (C=O) groups excluding carboxylic acids is 1. The quantitative estimate of drug-likeness (QED) is 0.261. The van der Waals surface area contributed by atoms with Crippen molar-refractivity contribution in [1.82, 2.24) is 15.0 Å². The largest absolute Gasteiger partial charge is 0.502 e. The van der Waals surface area contributed by atoms with Crippen molar-refractivity contribution in [3.8, 4) is 17.2 Å². The van der Waals surface area contributed by atoms with Crippen LogP contribution in [-0.4, -0.2) is 41.3 Å². The topological polar surface area (TPSA) is 115 Å². The molecule has 2 heterocycles. The lowest BCUT2D eigenvalue weighted by molar-refractivity contribution is 0.147. The minimum absolute atomic E-state index is 0.334. The van der Waals surface area contributed by atoms with E-state index in [1.165, 1.54) is 0 Å². The Morgan fingerprint density at radius 3 is 2.64 bits per heavy atom. The first-order chi connectivity index (χ1) is 16.2. The highest BCUT2D eigenvalue weighted by Gasteiger charge is 2.12. The summed E-state index contributed by atoms with van der Waals surface area (Å²) in [5.74, 6) is 1.90. The molecule has 166 valence electrons. The summed E-state index contributed by atoms with van der Waals surface area (Å²) in [6.45, 7) is 8.23. The third-order valence-corrected chi connectivity index (χ3v) is 4.52. The molecule has 4 aromatic rings. The number of fused-ring (bicyclic) bond motifs is 1. The highest BCUT2D eigenvalue weighted by molar-refractivity contribution is 5.98. The number of hydrogen-bond donors (Lipinski definition) is 3. The second-order valence-electron chi connectivity index (χ2n) is 6.74. The summed E-state index contributed by atoms with van der Waals surface area (Å²) < 4.78 is 16.7. The predicted octanol–water partition coefficient (Wildman–Crippen LogP) is 4.97. The molecule has 10 nitrogen and oxygen atoms in total. The van der Waals surface area contributed by atoms with Crippen LogP contribution in [0.4, 0.5) is 22.1 Å². The minimum atomic E-state index is -0.422. The number of benzene rings is 2. The molecule has 0 atom stereocenters. The monoisotopic (exact) mass is 444 g/mol. The highest BCUT2D eigenvalue weighted by atomic mass is 16.5. The van der Waals surface area contributed by atoms with E-state index in [0.29, 0.717) is 58.7 Å². The molecule has 2 aromatic heterocycles. The van der Waals surface area contributed by atoms with E-state index in [9.17, 15) is 4.79 Å². The molecule has 3 N–H and O–H groups in total. The van der Waals surface area contributed by atoms with Gasteiger partial charge in [-0.3, -0.25) is 10.3 Å². The molecule has 4 rings (SSSR count). The number of aromatic nitrogens is 3. The Kier molecular flexibility index (Phi) is 6.63. The number of ether oxygens (including phenoxy) is 3. The van der Waals surface area contributed by atoms with Gasteiger partial charge < -0.3 is 24.5 Å². The van der Waals surface area contributed by atoms with Crippen molar-refractivity contribution < 1.29 is 19.0 Å². The van der Waals surface area contributed by atoms with Crippen molar-refractivity contribution >= 4 is 34.3 Å². The number of methoxy groups -OCH3 is 1. The third-order valence-electron chi connectivity index (χ3n) is 4.52. The molecule has 0 aliphatic carbocycles. The zero-order valence-corrected chi connectivity index (χ0v) is 17.7. The number of carbonyl (C=O) groups is 1. The highest BCUT2D eigenvalue weighted by Crippen LogP contribution is 2.37. The van der Waals surface area contributed by atoms with Gasteiger partial charge in [0.1, 0.15) is 23.9 Å². The molecule has 0 aliphatic heterocycles. The molecule has 2 aromatic carbocycles. The van der Waals surface area contributed by atoms with Gasteiger partial charge in [0.25, 0.3) is 0 Å². The number of anilines is 2. The van der Waals surface area contributed by atoms with Crippen molar-refractivity contribution in [1.29, 1.82) is 0 Å². The Morgan fingerprint density at radius 1 is 1.06 bits per heavy atom.